The molecular formula is C15H13N3O7S2. The van der Waals surface area contributed by atoms with Crippen molar-refractivity contribution in [2.75, 3.05) is 0 Å². The number of nitrogens with two attached hydrogens (primary N) is 2. The molecule has 10 nitrogen and oxygen atoms in total. The lowest BCUT2D eigenvalue weighted by Gasteiger charge is -2.08. The van der Waals surface area contributed by atoms with Crippen LogP contribution in [0.2, 0.25) is 0 Å². The normalized spacial score (nSPS) is 12.1. The Morgan fingerprint density at radius 3 is 2.07 bits per heavy atom. The van der Waals surface area contributed by atoms with Crippen LogP contribution in [-0.2, 0) is 20.6 Å². The highest BCUT2D eigenvalue weighted by Crippen LogP contribution is 2.26. The summed E-state index contributed by atoms with van der Waals surface area (Å²) in [4.78, 5) is 15.0. The molecule has 0 aliphatic heterocycles. The van der Waals surface area contributed by atoms with Gasteiger partial charge in [0.25, 0.3) is 5.56 Å². The lowest BCUT2D eigenvalue weighted by atomic mass is 10.0. The lowest BCUT2D eigenvalue weighted by molar-refractivity contribution is 0.486. The number of aromatic amines is 1. The molecule has 1 aromatic heterocycles. The topological polar surface area (TPSA) is 172 Å². The van der Waals surface area contributed by atoms with Gasteiger partial charge in [-0.3, -0.25) is 4.79 Å². The Bertz CT molecular complexity index is 1300. The molecule has 0 fully saturated rings. The summed E-state index contributed by atoms with van der Waals surface area (Å²) in [5, 5.41) is 10.1. The van der Waals surface area contributed by atoms with E-state index in [1.54, 1.807) is 6.07 Å². The average Bonchev–Trinajstić information content (AvgIpc) is 2.51. The fraction of sp³-hybridized carbons (Fsp3) is 0. The van der Waals surface area contributed by atoms with Crippen LogP contribution in [0.4, 0.5) is 0 Å². The molecule has 0 atom stereocenters. The number of pyridine rings is 1. The lowest BCUT2D eigenvalue weighted by Crippen LogP contribution is -2.19. The first-order valence-electron chi connectivity index (χ1n) is 7.22. The van der Waals surface area contributed by atoms with Crippen LogP contribution in [-0.4, -0.2) is 21.8 Å². The molecule has 1 heterocycles. The standard InChI is InChI=1S/C15H13N3O7S2/c16-26(20,21)24-11-3-1-2-9(6-11)13-8-10-7-12(25-27(17,22)23)4-5-14(10)18-15(13)19/h1-8H,(H,18,19)(H2,16,20,21)(H2,17,22,23). The maximum absolute atomic E-state index is 12.4. The van der Waals surface area contributed by atoms with Crippen LogP contribution in [0.15, 0.2) is 53.3 Å². The molecule has 142 valence electrons. The molecule has 5 N–H and O–H groups in total. The van der Waals surface area contributed by atoms with Crippen molar-refractivity contribution < 1.29 is 25.2 Å². The zero-order valence-corrected chi connectivity index (χ0v) is 15.1. The molecule has 3 aromatic rings. The summed E-state index contributed by atoms with van der Waals surface area (Å²) in [5.74, 6) is -0.102. The molecule has 0 aliphatic carbocycles. The molecule has 0 saturated heterocycles. The van der Waals surface area contributed by atoms with Gasteiger partial charge in [0.1, 0.15) is 11.5 Å². The molecule has 0 unspecified atom stereocenters. The third-order valence-corrected chi connectivity index (χ3v) is 4.24. The molecule has 0 radical (unpaired) electrons. The molecular weight excluding hydrogens is 398 g/mol. The SMILES string of the molecule is NS(=O)(=O)Oc1cccc(-c2cc3cc(OS(N)(=O)=O)ccc3[nH]c2=O)c1. The maximum Gasteiger partial charge on any atom is 0.380 e. The number of aromatic nitrogens is 1. The first kappa shape index (κ1) is 18.8. The Hall–Kier alpha value is -2.93. The molecule has 0 bridgehead atoms. The summed E-state index contributed by atoms with van der Waals surface area (Å²) in [6.45, 7) is 0. The van der Waals surface area contributed by atoms with Gasteiger partial charge < -0.3 is 13.4 Å². The van der Waals surface area contributed by atoms with Crippen molar-refractivity contribution in [2.45, 2.75) is 0 Å². The predicted octanol–water partition coefficient (Wildman–Crippen LogP) is 0.360. The average molecular weight is 411 g/mol. The zero-order valence-electron chi connectivity index (χ0n) is 13.4. The number of fused-ring (bicyclic) bond motifs is 1. The fourth-order valence-corrected chi connectivity index (χ4v) is 3.18. The van der Waals surface area contributed by atoms with Crippen LogP contribution in [0.1, 0.15) is 0 Å². The van der Waals surface area contributed by atoms with Crippen molar-refractivity contribution in [3.63, 3.8) is 0 Å². The van der Waals surface area contributed by atoms with E-state index in [1.807, 2.05) is 0 Å². The van der Waals surface area contributed by atoms with E-state index in [2.05, 4.69) is 13.4 Å². The van der Waals surface area contributed by atoms with E-state index < -0.39 is 26.2 Å². The molecule has 2 aromatic carbocycles. The van der Waals surface area contributed by atoms with Gasteiger partial charge in [-0.2, -0.15) is 27.1 Å². The number of H-pyrrole nitrogens is 1. The quantitative estimate of drug-likeness (QED) is 0.543. The number of nitrogens with one attached hydrogen (secondary N) is 1. The van der Waals surface area contributed by atoms with Gasteiger partial charge in [0.05, 0.1) is 0 Å². The van der Waals surface area contributed by atoms with E-state index in [0.717, 1.165) is 0 Å². The minimum atomic E-state index is -4.22. The first-order chi connectivity index (χ1) is 12.5. The highest BCUT2D eigenvalue weighted by molar-refractivity contribution is 7.85. The highest BCUT2D eigenvalue weighted by atomic mass is 32.2. The Balaban J connectivity index is 2.10. The highest BCUT2D eigenvalue weighted by Gasteiger charge is 2.11. The Labute approximate surface area is 153 Å². The summed E-state index contributed by atoms with van der Waals surface area (Å²) < 4.78 is 53.4. The minimum absolute atomic E-state index is 0.0330. The van der Waals surface area contributed by atoms with Gasteiger partial charge in [0.2, 0.25) is 0 Å². The van der Waals surface area contributed by atoms with Crippen LogP contribution in [0, 0.1) is 0 Å². The van der Waals surface area contributed by atoms with Gasteiger partial charge in [0, 0.05) is 16.5 Å². The van der Waals surface area contributed by atoms with E-state index in [0.29, 0.717) is 16.5 Å². The summed E-state index contributed by atoms with van der Waals surface area (Å²) in [5.41, 5.74) is 0.532. The summed E-state index contributed by atoms with van der Waals surface area (Å²) >= 11 is 0. The number of rotatable bonds is 5. The summed E-state index contributed by atoms with van der Waals surface area (Å²) in [6, 6.07) is 11.4. The first-order valence-corrected chi connectivity index (χ1v) is 10.2. The molecule has 27 heavy (non-hydrogen) atoms. The van der Waals surface area contributed by atoms with Crippen molar-refractivity contribution in [3.8, 4) is 22.6 Å². The molecule has 0 amide bonds. The maximum atomic E-state index is 12.4. The minimum Gasteiger partial charge on any atom is -0.371 e. The second-order valence-electron chi connectivity index (χ2n) is 5.44. The van der Waals surface area contributed by atoms with Crippen molar-refractivity contribution in [1.82, 2.24) is 4.98 Å². The third-order valence-electron chi connectivity index (χ3n) is 3.39. The van der Waals surface area contributed by atoms with Crippen LogP contribution in [0.25, 0.3) is 22.0 Å². The Morgan fingerprint density at radius 2 is 1.44 bits per heavy atom. The molecule has 0 saturated carbocycles. The molecule has 12 heteroatoms. The van der Waals surface area contributed by atoms with E-state index in [9.17, 15) is 21.6 Å². The predicted molar refractivity (Wildman–Crippen MR) is 97.5 cm³/mol. The Kier molecular flexibility index (Phi) is 4.65. The van der Waals surface area contributed by atoms with Crippen molar-refractivity contribution >= 4 is 31.5 Å². The van der Waals surface area contributed by atoms with Crippen molar-refractivity contribution in [1.29, 1.82) is 0 Å². The summed E-state index contributed by atoms with van der Waals surface area (Å²) in [6.07, 6.45) is 0. The second kappa shape index (κ2) is 6.66. The third kappa shape index (κ3) is 4.83. The second-order valence-corrected chi connectivity index (χ2v) is 7.75. The molecule has 0 aliphatic rings. The van der Waals surface area contributed by atoms with Crippen LogP contribution in [0.5, 0.6) is 11.5 Å². The van der Waals surface area contributed by atoms with Crippen LogP contribution < -0.4 is 24.2 Å². The van der Waals surface area contributed by atoms with Gasteiger partial charge >= 0.3 is 20.6 Å². The van der Waals surface area contributed by atoms with Crippen LogP contribution in [0.3, 0.4) is 0 Å². The Morgan fingerprint density at radius 1 is 0.815 bits per heavy atom. The summed E-state index contributed by atoms with van der Waals surface area (Å²) in [7, 11) is -8.41. The van der Waals surface area contributed by atoms with Crippen molar-refractivity contribution in [2.24, 2.45) is 10.3 Å². The molecule has 0 spiro atoms. The fourth-order valence-electron chi connectivity index (χ4n) is 2.43. The van der Waals surface area contributed by atoms with E-state index in [4.69, 9.17) is 10.3 Å². The van der Waals surface area contributed by atoms with Crippen LogP contribution >= 0.6 is 0 Å². The van der Waals surface area contributed by atoms with Gasteiger partial charge in [-0.15, -0.1) is 0 Å². The smallest absolute Gasteiger partial charge is 0.371 e. The van der Waals surface area contributed by atoms with E-state index >= 15 is 0 Å². The number of hydrogen-bond acceptors (Lipinski definition) is 7. The van der Waals surface area contributed by atoms with Crippen molar-refractivity contribution in [3.05, 3.63) is 58.9 Å². The largest absolute Gasteiger partial charge is 0.380 e. The number of hydrogen-bond donors (Lipinski definition) is 3. The van der Waals surface area contributed by atoms with E-state index in [-0.39, 0.29) is 17.1 Å². The van der Waals surface area contributed by atoms with E-state index in [1.165, 1.54) is 42.5 Å². The number of benzene rings is 2. The van der Waals surface area contributed by atoms with Gasteiger partial charge in [-0.1, -0.05) is 12.1 Å². The zero-order chi connectivity index (χ0) is 19.8. The van der Waals surface area contributed by atoms with Gasteiger partial charge in [0.15, 0.2) is 0 Å². The molecule has 3 rings (SSSR count). The van der Waals surface area contributed by atoms with Gasteiger partial charge in [-0.05, 0) is 42.0 Å². The monoisotopic (exact) mass is 411 g/mol. The van der Waals surface area contributed by atoms with Gasteiger partial charge in [-0.25, -0.2) is 0 Å².